The second-order valence-corrected chi connectivity index (χ2v) is 5.66. The van der Waals surface area contributed by atoms with Gasteiger partial charge in [0.15, 0.2) is 11.3 Å². The number of hydrogen-bond donors (Lipinski definition) is 0. The lowest BCUT2D eigenvalue weighted by atomic mass is 10.1. The van der Waals surface area contributed by atoms with Crippen LogP contribution in [0.5, 0.6) is 0 Å². The minimum Gasteiger partial charge on any atom is -0.464 e. The Labute approximate surface area is 148 Å². The monoisotopic (exact) mass is 347 g/mol. The van der Waals surface area contributed by atoms with Crippen LogP contribution in [0.25, 0.3) is 28.0 Å². The molecule has 0 N–H and O–H groups in total. The third kappa shape index (κ3) is 2.61. The molecule has 26 heavy (non-hydrogen) atoms. The van der Waals surface area contributed by atoms with E-state index in [1.165, 1.54) is 23.8 Å². The van der Waals surface area contributed by atoms with E-state index in [1.54, 1.807) is 24.4 Å². The molecule has 0 radical (unpaired) electrons. The van der Waals surface area contributed by atoms with Crippen LogP contribution in [0.1, 0.15) is 10.5 Å². The molecule has 128 valence electrons. The normalized spacial score (nSPS) is 10.8. The highest BCUT2D eigenvalue weighted by atomic mass is 19.1. The first kappa shape index (κ1) is 16.0. The first-order valence-electron chi connectivity index (χ1n) is 7.96. The quantitative estimate of drug-likeness (QED) is 0.526. The maximum atomic E-state index is 14.3. The van der Waals surface area contributed by atoms with Crippen molar-refractivity contribution in [2.45, 2.75) is 0 Å². The van der Waals surface area contributed by atoms with Gasteiger partial charge in [-0.15, -0.1) is 0 Å². The summed E-state index contributed by atoms with van der Waals surface area (Å²) >= 11 is 0. The fourth-order valence-corrected chi connectivity index (χ4v) is 2.84. The van der Waals surface area contributed by atoms with Gasteiger partial charge in [-0.2, -0.15) is 5.10 Å². The van der Waals surface area contributed by atoms with Crippen molar-refractivity contribution >= 4 is 11.6 Å². The summed E-state index contributed by atoms with van der Waals surface area (Å²) in [5.74, 6) is -0.987. The molecule has 6 heteroatoms. The smallest absolute Gasteiger partial charge is 0.356 e. The van der Waals surface area contributed by atoms with Crippen LogP contribution in [0.15, 0.2) is 66.9 Å². The Kier molecular flexibility index (Phi) is 3.93. The fourth-order valence-electron chi connectivity index (χ4n) is 2.84. The minimum atomic E-state index is -0.572. The Hall–Kier alpha value is -3.54. The molecule has 0 bridgehead atoms. The van der Waals surface area contributed by atoms with Gasteiger partial charge < -0.3 is 4.74 Å². The summed E-state index contributed by atoms with van der Waals surface area (Å²) in [5, 5.41) is 4.28. The van der Waals surface area contributed by atoms with Crippen LogP contribution in [0.4, 0.5) is 4.39 Å². The van der Waals surface area contributed by atoms with E-state index in [0.29, 0.717) is 16.9 Å². The summed E-state index contributed by atoms with van der Waals surface area (Å²) in [4.78, 5) is 16.8. The standard InChI is InChI=1S/C20H14FN3O2/c1-26-20(25)18-11-17(14-9-5-6-10-16(14)21)23-19-15(12-22-24(18)19)13-7-3-2-4-8-13/h2-12H,1H3. The molecule has 0 unspecified atom stereocenters. The molecule has 2 aromatic heterocycles. The molecule has 0 aliphatic carbocycles. The average Bonchev–Trinajstić information content (AvgIpc) is 3.11. The Morgan fingerprint density at radius 3 is 2.50 bits per heavy atom. The first-order chi connectivity index (χ1) is 12.7. The summed E-state index contributed by atoms with van der Waals surface area (Å²) < 4.78 is 20.5. The molecule has 0 amide bonds. The molecule has 4 rings (SSSR count). The zero-order chi connectivity index (χ0) is 18.1. The van der Waals surface area contributed by atoms with Gasteiger partial charge in [-0.25, -0.2) is 18.7 Å². The predicted molar refractivity (Wildman–Crippen MR) is 95.2 cm³/mol. The minimum absolute atomic E-state index is 0.179. The second-order valence-electron chi connectivity index (χ2n) is 5.66. The number of nitrogens with zero attached hydrogens (tertiary/aromatic N) is 3. The van der Waals surface area contributed by atoms with Crippen LogP contribution < -0.4 is 0 Å². The number of benzene rings is 2. The van der Waals surface area contributed by atoms with E-state index in [4.69, 9.17) is 4.74 Å². The van der Waals surface area contributed by atoms with E-state index in [1.807, 2.05) is 30.3 Å². The van der Waals surface area contributed by atoms with Crippen LogP contribution in [0.2, 0.25) is 0 Å². The number of carbonyl (C=O) groups is 1. The van der Waals surface area contributed by atoms with E-state index in [2.05, 4.69) is 10.1 Å². The summed E-state index contributed by atoms with van der Waals surface area (Å²) in [7, 11) is 1.29. The van der Waals surface area contributed by atoms with Gasteiger partial charge in [-0.05, 0) is 23.8 Å². The molecule has 0 saturated carbocycles. The lowest BCUT2D eigenvalue weighted by Crippen LogP contribution is -2.11. The summed E-state index contributed by atoms with van der Waals surface area (Å²) in [6.45, 7) is 0. The number of rotatable bonds is 3. The molecule has 2 aromatic carbocycles. The fraction of sp³-hybridized carbons (Fsp3) is 0.0500. The Bertz CT molecular complexity index is 1110. The van der Waals surface area contributed by atoms with E-state index >= 15 is 0 Å². The molecular weight excluding hydrogens is 333 g/mol. The summed E-state index contributed by atoms with van der Waals surface area (Å²) in [6, 6.07) is 17.3. The van der Waals surface area contributed by atoms with Crippen molar-refractivity contribution in [2.75, 3.05) is 7.11 Å². The maximum absolute atomic E-state index is 14.3. The number of halogens is 1. The molecular formula is C20H14FN3O2. The third-order valence-corrected chi connectivity index (χ3v) is 4.10. The molecule has 0 aliphatic rings. The van der Waals surface area contributed by atoms with Gasteiger partial charge in [0, 0.05) is 11.1 Å². The SMILES string of the molecule is COC(=O)c1cc(-c2ccccc2F)nc2c(-c3ccccc3)cnn12. The molecule has 0 saturated heterocycles. The van der Waals surface area contributed by atoms with Gasteiger partial charge >= 0.3 is 5.97 Å². The van der Waals surface area contributed by atoms with Gasteiger partial charge in [0.25, 0.3) is 0 Å². The number of methoxy groups -OCH3 is 1. The topological polar surface area (TPSA) is 56.5 Å². The molecule has 0 fully saturated rings. The molecule has 0 spiro atoms. The van der Waals surface area contributed by atoms with Crippen LogP contribution in [-0.4, -0.2) is 27.7 Å². The van der Waals surface area contributed by atoms with E-state index in [-0.39, 0.29) is 5.69 Å². The highest BCUT2D eigenvalue weighted by Gasteiger charge is 2.19. The predicted octanol–water partition coefficient (Wildman–Crippen LogP) is 3.99. The van der Waals surface area contributed by atoms with Crippen molar-refractivity contribution in [3.63, 3.8) is 0 Å². The van der Waals surface area contributed by atoms with Crippen LogP contribution >= 0.6 is 0 Å². The van der Waals surface area contributed by atoms with Crippen LogP contribution in [-0.2, 0) is 4.74 Å². The van der Waals surface area contributed by atoms with Crippen molar-refractivity contribution in [3.8, 4) is 22.4 Å². The summed E-state index contributed by atoms with van der Waals surface area (Å²) in [6.07, 6.45) is 1.63. The highest BCUT2D eigenvalue weighted by Crippen LogP contribution is 2.28. The molecule has 4 aromatic rings. The molecule has 0 aliphatic heterocycles. The zero-order valence-electron chi connectivity index (χ0n) is 13.9. The van der Waals surface area contributed by atoms with Crippen LogP contribution in [0.3, 0.4) is 0 Å². The number of aromatic nitrogens is 3. The van der Waals surface area contributed by atoms with Crippen molar-refractivity contribution in [3.05, 3.63) is 78.4 Å². The second kappa shape index (κ2) is 6.40. The number of hydrogen-bond acceptors (Lipinski definition) is 4. The van der Waals surface area contributed by atoms with Crippen molar-refractivity contribution in [2.24, 2.45) is 0 Å². The van der Waals surface area contributed by atoms with Crippen molar-refractivity contribution in [1.29, 1.82) is 0 Å². The zero-order valence-corrected chi connectivity index (χ0v) is 13.9. The number of fused-ring (bicyclic) bond motifs is 1. The Balaban J connectivity index is 2.03. The largest absolute Gasteiger partial charge is 0.464 e. The van der Waals surface area contributed by atoms with E-state index < -0.39 is 11.8 Å². The lowest BCUT2D eigenvalue weighted by Gasteiger charge is -2.08. The Morgan fingerprint density at radius 2 is 1.77 bits per heavy atom. The van der Waals surface area contributed by atoms with Gasteiger partial charge in [0.2, 0.25) is 0 Å². The van der Waals surface area contributed by atoms with E-state index in [0.717, 1.165) is 11.1 Å². The lowest BCUT2D eigenvalue weighted by molar-refractivity contribution is 0.0590. The van der Waals surface area contributed by atoms with Gasteiger partial charge in [-0.3, -0.25) is 0 Å². The number of carbonyl (C=O) groups excluding carboxylic acids is 1. The number of esters is 1. The van der Waals surface area contributed by atoms with Gasteiger partial charge in [0.05, 0.1) is 19.0 Å². The van der Waals surface area contributed by atoms with Crippen molar-refractivity contribution < 1.29 is 13.9 Å². The first-order valence-corrected chi connectivity index (χ1v) is 7.96. The molecule has 5 nitrogen and oxygen atoms in total. The van der Waals surface area contributed by atoms with E-state index in [9.17, 15) is 9.18 Å². The van der Waals surface area contributed by atoms with Gasteiger partial charge in [-0.1, -0.05) is 42.5 Å². The number of ether oxygens (including phenoxy) is 1. The molecule has 2 heterocycles. The maximum Gasteiger partial charge on any atom is 0.356 e. The van der Waals surface area contributed by atoms with Crippen LogP contribution in [0, 0.1) is 5.82 Å². The van der Waals surface area contributed by atoms with Gasteiger partial charge in [0.1, 0.15) is 5.82 Å². The average molecular weight is 347 g/mol. The molecule has 0 atom stereocenters. The van der Waals surface area contributed by atoms with Crippen molar-refractivity contribution in [1.82, 2.24) is 14.6 Å². The Morgan fingerprint density at radius 1 is 1.04 bits per heavy atom. The third-order valence-electron chi connectivity index (χ3n) is 4.10. The summed E-state index contributed by atoms with van der Waals surface area (Å²) in [5.41, 5.74) is 2.93. The highest BCUT2D eigenvalue weighted by molar-refractivity contribution is 5.91.